The Morgan fingerprint density at radius 1 is 1.48 bits per heavy atom. The van der Waals surface area contributed by atoms with Gasteiger partial charge in [-0.05, 0) is 36.6 Å². The van der Waals surface area contributed by atoms with Crippen LogP contribution in [-0.2, 0) is 0 Å². The maximum atomic E-state index is 9.63. The Bertz CT molecular complexity index is 825. The molecule has 4 rings (SSSR count). The molecular weight excluding hydrogens is 308 g/mol. The summed E-state index contributed by atoms with van der Waals surface area (Å²) in [5, 5.41) is 19.0. The van der Waals surface area contributed by atoms with Crippen LogP contribution < -0.4 is 10.5 Å². The fourth-order valence-corrected chi connectivity index (χ4v) is 4.17. The summed E-state index contributed by atoms with van der Waals surface area (Å²) in [5.41, 5.74) is 8.38. The lowest BCUT2D eigenvalue weighted by Gasteiger charge is -2.30. The minimum absolute atomic E-state index is 0.101. The number of fused-ring (bicyclic) bond motifs is 1. The Morgan fingerprint density at radius 3 is 3.09 bits per heavy atom. The molecule has 0 aromatic carbocycles. The van der Waals surface area contributed by atoms with Gasteiger partial charge < -0.3 is 10.5 Å². The number of ether oxygens (including phenoxy) is 1. The normalized spacial score (nSPS) is 23.3. The molecule has 2 aliphatic rings. The Morgan fingerprint density at radius 2 is 2.39 bits per heavy atom. The summed E-state index contributed by atoms with van der Waals surface area (Å²) in [5.74, 6) is 0.814. The number of nitriles is 1. The Kier molecular flexibility index (Phi) is 3.43. The van der Waals surface area contributed by atoms with E-state index in [4.69, 9.17) is 10.5 Å². The lowest BCUT2D eigenvalue weighted by molar-refractivity contribution is 0.355. The predicted molar refractivity (Wildman–Crippen MR) is 88.6 cm³/mol. The first-order valence-electron chi connectivity index (χ1n) is 7.66. The van der Waals surface area contributed by atoms with Crippen LogP contribution in [0.5, 0.6) is 5.88 Å². The first-order chi connectivity index (χ1) is 11.3. The van der Waals surface area contributed by atoms with E-state index in [9.17, 15) is 5.26 Å². The third-order valence-corrected chi connectivity index (χ3v) is 5.36. The topological polar surface area (TPSA) is 87.7 Å². The maximum Gasteiger partial charge on any atom is 0.244 e. The number of H-pyrrole nitrogens is 1. The summed E-state index contributed by atoms with van der Waals surface area (Å²) >= 11 is 1.64. The van der Waals surface area contributed by atoms with Crippen molar-refractivity contribution in [3.05, 3.63) is 46.7 Å². The first kappa shape index (κ1) is 14.1. The van der Waals surface area contributed by atoms with E-state index in [2.05, 4.69) is 28.4 Å². The van der Waals surface area contributed by atoms with Crippen LogP contribution in [0.1, 0.15) is 30.7 Å². The van der Waals surface area contributed by atoms with E-state index in [0.29, 0.717) is 11.5 Å². The van der Waals surface area contributed by atoms with Gasteiger partial charge in [0.25, 0.3) is 0 Å². The molecule has 0 unspecified atom stereocenters. The highest BCUT2D eigenvalue weighted by molar-refractivity contribution is 7.13. The first-order valence-corrected chi connectivity index (χ1v) is 8.54. The lowest BCUT2D eigenvalue weighted by atomic mass is 9.75. The van der Waals surface area contributed by atoms with Gasteiger partial charge in [0.2, 0.25) is 11.8 Å². The molecule has 2 aromatic rings. The maximum absolute atomic E-state index is 9.63. The van der Waals surface area contributed by atoms with Gasteiger partial charge in [-0.25, -0.2) is 0 Å². The van der Waals surface area contributed by atoms with Crippen molar-refractivity contribution < 1.29 is 4.74 Å². The molecule has 3 heterocycles. The zero-order valence-electron chi connectivity index (χ0n) is 12.5. The molecule has 5 nitrogen and oxygen atoms in total. The number of nitrogens with zero attached hydrogens (tertiary/aromatic N) is 2. The molecule has 2 aromatic heterocycles. The summed E-state index contributed by atoms with van der Waals surface area (Å²) in [4.78, 5) is 1.09. The van der Waals surface area contributed by atoms with Crippen LogP contribution in [0.25, 0.3) is 10.6 Å². The van der Waals surface area contributed by atoms with E-state index in [1.807, 2.05) is 17.5 Å². The summed E-state index contributed by atoms with van der Waals surface area (Å²) in [6.45, 7) is 0. The Hall–Kier alpha value is -2.52. The highest BCUT2D eigenvalue weighted by atomic mass is 32.1. The SMILES string of the molecule is N#CC1=C(N)Oc2n[nH]c(-c3cccs3)c2[C@H]1[C@@H]1C=CCCC1. The number of thiophene rings is 1. The second-order valence-corrected chi connectivity index (χ2v) is 6.73. The summed E-state index contributed by atoms with van der Waals surface area (Å²) in [6.07, 6.45) is 7.65. The average molecular weight is 324 g/mol. The molecule has 0 saturated carbocycles. The summed E-state index contributed by atoms with van der Waals surface area (Å²) in [6, 6.07) is 6.31. The number of allylic oxidation sites excluding steroid dienone is 3. The molecule has 6 heteroatoms. The summed E-state index contributed by atoms with van der Waals surface area (Å²) < 4.78 is 5.61. The van der Waals surface area contributed by atoms with Gasteiger partial charge in [-0.15, -0.1) is 16.4 Å². The standard InChI is InChI=1S/C17H16N4OS/c18-9-11-13(10-5-2-1-3-6-10)14-15(12-7-4-8-23-12)20-21-17(14)22-16(11)19/h2,4-5,7-8,10,13H,1,3,6,19H2,(H,20,21)/t10-,13+/m1/s1. The molecule has 0 radical (unpaired) electrons. The third kappa shape index (κ3) is 2.25. The third-order valence-electron chi connectivity index (χ3n) is 4.47. The van der Waals surface area contributed by atoms with Crippen LogP contribution in [0, 0.1) is 17.2 Å². The van der Waals surface area contributed by atoms with Gasteiger partial charge in [0.05, 0.1) is 21.7 Å². The number of aromatic amines is 1. The van der Waals surface area contributed by atoms with Gasteiger partial charge in [-0.3, -0.25) is 5.10 Å². The van der Waals surface area contributed by atoms with Crippen molar-refractivity contribution in [1.82, 2.24) is 10.2 Å². The molecule has 0 spiro atoms. The average Bonchev–Trinajstić information content (AvgIpc) is 3.23. The molecule has 0 fully saturated rings. The fraction of sp³-hybridized carbons (Fsp3) is 0.294. The minimum Gasteiger partial charge on any atom is -0.420 e. The van der Waals surface area contributed by atoms with Crippen LogP contribution in [0.3, 0.4) is 0 Å². The predicted octanol–water partition coefficient (Wildman–Crippen LogP) is 3.66. The molecule has 116 valence electrons. The van der Waals surface area contributed by atoms with Crippen molar-refractivity contribution in [1.29, 1.82) is 5.26 Å². The van der Waals surface area contributed by atoms with E-state index >= 15 is 0 Å². The van der Waals surface area contributed by atoms with Gasteiger partial charge in [-0.2, -0.15) is 5.26 Å². The molecule has 3 N–H and O–H groups in total. The zero-order valence-corrected chi connectivity index (χ0v) is 13.3. The molecular formula is C17H16N4OS. The fourth-order valence-electron chi connectivity index (χ4n) is 3.43. The monoisotopic (exact) mass is 324 g/mol. The molecule has 0 amide bonds. The van der Waals surface area contributed by atoms with Crippen molar-refractivity contribution in [2.24, 2.45) is 11.7 Å². The van der Waals surface area contributed by atoms with Crippen LogP contribution in [0.4, 0.5) is 0 Å². The van der Waals surface area contributed by atoms with Gasteiger partial charge in [0, 0.05) is 5.92 Å². The van der Waals surface area contributed by atoms with Crippen LogP contribution in [0.2, 0.25) is 0 Å². The quantitative estimate of drug-likeness (QED) is 0.825. The van der Waals surface area contributed by atoms with E-state index < -0.39 is 0 Å². The van der Waals surface area contributed by atoms with Crippen molar-refractivity contribution in [3.8, 4) is 22.5 Å². The largest absolute Gasteiger partial charge is 0.420 e. The number of nitrogens with two attached hydrogens (primary N) is 1. The van der Waals surface area contributed by atoms with Gasteiger partial charge in [0.1, 0.15) is 6.07 Å². The van der Waals surface area contributed by atoms with E-state index in [1.54, 1.807) is 11.3 Å². The number of aromatic nitrogens is 2. The van der Waals surface area contributed by atoms with Crippen LogP contribution in [-0.4, -0.2) is 10.2 Å². The van der Waals surface area contributed by atoms with Crippen molar-refractivity contribution >= 4 is 11.3 Å². The van der Waals surface area contributed by atoms with Crippen molar-refractivity contribution in [2.75, 3.05) is 0 Å². The molecule has 1 aliphatic carbocycles. The second kappa shape index (κ2) is 5.60. The minimum atomic E-state index is -0.101. The van der Waals surface area contributed by atoms with Gasteiger partial charge in [0.15, 0.2) is 0 Å². The smallest absolute Gasteiger partial charge is 0.244 e. The van der Waals surface area contributed by atoms with E-state index in [1.165, 1.54) is 0 Å². The number of nitrogens with one attached hydrogen (secondary N) is 1. The molecule has 23 heavy (non-hydrogen) atoms. The van der Waals surface area contributed by atoms with Crippen molar-refractivity contribution in [2.45, 2.75) is 25.2 Å². The highest BCUT2D eigenvalue weighted by Crippen LogP contribution is 2.48. The number of hydrogen-bond donors (Lipinski definition) is 2. The lowest BCUT2D eigenvalue weighted by Crippen LogP contribution is -2.25. The number of hydrogen-bond acceptors (Lipinski definition) is 5. The highest BCUT2D eigenvalue weighted by Gasteiger charge is 2.38. The van der Waals surface area contributed by atoms with Gasteiger partial charge >= 0.3 is 0 Å². The van der Waals surface area contributed by atoms with Crippen molar-refractivity contribution in [3.63, 3.8) is 0 Å². The second-order valence-electron chi connectivity index (χ2n) is 5.79. The summed E-state index contributed by atoms with van der Waals surface area (Å²) in [7, 11) is 0. The van der Waals surface area contributed by atoms with Gasteiger partial charge in [-0.1, -0.05) is 18.2 Å². The van der Waals surface area contributed by atoms with E-state index in [-0.39, 0.29) is 17.7 Å². The molecule has 2 atom stereocenters. The van der Waals surface area contributed by atoms with Crippen LogP contribution >= 0.6 is 11.3 Å². The zero-order chi connectivity index (χ0) is 15.8. The molecule has 1 aliphatic heterocycles. The molecule has 0 bridgehead atoms. The Balaban J connectivity index is 1.89. The van der Waals surface area contributed by atoms with Crippen LogP contribution in [0.15, 0.2) is 41.1 Å². The molecule has 0 saturated heterocycles. The van der Waals surface area contributed by atoms with E-state index in [0.717, 1.165) is 35.4 Å². The number of rotatable bonds is 2. The Labute approximate surface area is 138 Å².